The second kappa shape index (κ2) is 6.98. The van der Waals surface area contributed by atoms with Gasteiger partial charge in [-0.2, -0.15) is 17.9 Å². The number of halogens is 4. The molecule has 0 bridgehead atoms. The average Bonchev–Trinajstić information content (AvgIpc) is 3.02. The highest BCUT2D eigenvalue weighted by Crippen LogP contribution is 2.35. The van der Waals surface area contributed by atoms with Crippen LogP contribution in [-0.4, -0.2) is 26.3 Å². The lowest BCUT2D eigenvalue weighted by Crippen LogP contribution is -2.38. The first-order valence-corrected chi connectivity index (χ1v) is 9.62. The molecule has 27 heavy (non-hydrogen) atoms. The molecule has 0 unspecified atom stereocenters. The Kier molecular flexibility index (Phi) is 5.02. The molecule has 1 N–H and O–H groups in total. The number of sulfonamides is 1. The minimum absolute atomic E-state index is 0.274. The van der Waals surface area contributed by atoms with Crippen molar-refractivity contribution in [2.24, 2.45) is 4.99 Å². The normalized spacial score (nSPS) is 13.6. The maximum atomic E-state index is 13.4. The van der Waals surface area contributed by atoms with Crippen LogP contribution in [0, 0.1) is 5.82 Å². The number of hydrogen-bond donors (Lipinski definition) is 1. The van der Waals surface area contributed by atoms with Gasteiger partial charge in [0.05, 0.1) is 15.1 Å². The topological polar surface area (TPSA) is 71.4 Å². The third-order valence-electron chi connectivity index (χ3n) is 3.60. The molecule has 0 aliphatic carbocycles. The van der Waals surface area contributed by atoms with Gasteiger partial charge in [0.1, 0.15) is 11.9 Å². The highest BCUT2D eigenvalue weighted by Gasteiger charge is 2.43. The molecule has 2 aromatic carbocycles. The fourth-order valence-electron chi connectivity index (χ4n) is 2.33. The van der Waals surface area contributed by atoms with Gasteiger partial charge in [-0.1, -0.05) is 23.5 Å². The van der Waals surface area contributed by atoms with E-state index in [1.807, 2.05) is 0 Å². The average molecular weight is 417 g/mol. The van der Waals surface area contributed by atoms with E-state index >= 15 is 0 Å². The smallest absolute Gasteiger partial charge is 0.236 e. The first-order chi connectivity index (χ1) is 12.6. The van der Waals surface area contributed by atoms with E-state index in [9.17, 15) is 26.0 Å². The van der Waals surface area contributed by atoms with E-state index in [2.05, 4.69) is 16.7 Å². The Morgan fingerprint density at radius 1 is 1.15 bits per heavy atom. The van der Waals surface area contributed by atoms with Crippen molar-refractivity contribution in [3.05, 3.63) is 53.8 Å². The van der Waals surface area contributed by atoms with Crippen molar-refractivity contribution in [3.63, 3.8) is 0 Å². The van der Waals surface area contributed by atoms with Crippen LogP contribution in [0.5, 0.6) is 0 Å². The van der Waals surface area contributed by atoms with E-state index < -0.39 is 33.6 Å². The van der Waals surface area contributed by atoms with E-state index in [4.69, 9.17) is 0 Å². The van der Waals surface area contributed by atoms with E-state index in [1.54, 1.807) is 4.72 Å². The molecule has 3 aromatic rings. The lowest BCUT2D eigenvalue weighted by Gasteiger charge is -2.22. The molecule has 1 heterocycles. The van der Waals surface area contributed by atoms with Crippen molar-refractivity contribution >= 4 is 43.4 Å². The second-order valence-electron chi connectivity index (χ2n) is 5.43. The highest BCUT2D eigenvalue weighted by atomic mass is 32.2. The molecule has 0 fully saturated rings. The summed E-state index contributed by atoms with van der Waals surface area (Å²) in [5, 5.41) is 0.312. The van der Waals surface area contributed by atoms with E-state index in [-0.39, 0.29) is 10.4 Å². The molecule has 0 aliphatic heterocycles. The van der Waals surface area contributed by atoms with Crippen LogP contribution in [0.25, 0.3) is 10.2 Å². The Labute approximate surface area is 155 Å². The van der Waals surface area contributed by atoms with E-state index in [0.29, 0.717) is 9.83 Å². The van der Waals surface area contributed by atoms with Gasteiger partial charge in [-0.15, -0.1) is 0 Å². The maximum absolute atomic E-state index is 13.4. The summed E-state index contributed by atoms with van der Waals surface area (Å²) >= 11 is 1.16. The Bertz CT molecular complexity index is 1090. The van der Waals surface area contributed by atoms with Crippen LogP contribution >= 0.6 is 11.3 Å². The number of hydrogen-bond acceptors (Lipinski definition) is 5. The monoisotopic (exact) mass is 417 g/mol. The minimum Gasteiger partial charge on any atom is -0.236 e. The zero-order valence-corrected chi connectivity index (χ0v) is 15.0. The van der Waals surface area contributed by atoms with Crippen LogP contribution in [0.2, 0.25) is 0 Å². The molecule has 142 valence electrons. The number of benzene rings is 2. The number of rotatable bonds is 5. The van der Waals surface area contributed by atoms with Crippen molar-refractivity contribution in [1.29, 1.82) is 0 Å². The summed E-state index contributed by atoms with van der Waals surface area (Å²) in [5.74, 6) is -0.733. The van der Waals surface area contributed by atoms with Crippen molar-refractivity contribution in [3.8, 4) is 0 Å². The number of aromatic nitrogens is 1. The zero-order valence-electron chi connectivity index (χ0n) is 13.4. The fraction of sp³-hybridized carbons (Fsp3) is 0.125. The summed E-state index contributed by atoms with van der Waals surface area (Å²) in [6, 6.07) is 4.63. The van der Waals surface area contributed by atoms with Gasteiger partial charge in [-0.3, -0.25) is 0 Å². The van der Waals surface area contributed by atoms with Crippen LogP contribution < -0.4 is 4.72 Å². The minimum atomic E-state index is -4.92. The first kappa shape index (κ1) is 19.4. The van der Waals surface area contributed by atoms with Gasteiger partial charge < -0.3 is 0 Å². The number of aliphatic imine (C=N–C) groups is 1. The predicted molar refractivity (Wildman–Crippen MR) is 94.3 cm³/mol. The maximum Gasteiger partial charge on any atom is 0.408 e. The quantitative estimate of drug-likeness (QED) is 0.496. The van der Waals surface area contributed by atoms with Gasteiger partial charge >= 0.3 is 6.18 Å². The predicted octanol–water partition coefficient (Wildman–Crippen LogP) is 4.35. The lowest BCUT2D eigenvalue weighted by molar-refractivity contribution is -0.153. The Morgan fingerprint density at radius 3 is 2.41 bits per heavy atom. The third-order valence-corrected chi connectivity index (χ3v) is 5.99. The molecular weight excluding hydrogens is 406 g/mol. The first-order valence-electron chi connectivity index (χ1n) is 7.32. The second-order valence-corrected chi connectivity index (χ2v) is 8.15. The lowest BCUT2D eigenvalue weighted by atomic mass is 10.1. The summed E-state index contributed by atoms with van der Waals surface area (Å²) in [5.41, 5.74) is -0.157. The largest absolute Gasteiger partial charge is 0.408 e. The molecule has 0 spiro atoms. The third kappa shape index (κ3) is 4.15. The number of alkyl halides is 3. The van der Waals surface area contributed by atoms with Crippen LogP contribution in [0.3, 0.4) is 0 Å². The molecule has 0 saturated heterocycles. The Morgan fingerprint density at radius 2 is 1.81 bits per heavy atom. The number of nitrogens with zero attached hydrogens (tertiary/aromatic N) is 2. The summed E-state index contributed by atoms with van der Waals surface area (Å²) in [6.07, 6.45) is -4.92. The van der Waals surface area contributed by atoms with Crippen molar-refractivity contribution in [1.82, 2.24) is 9.71 Å². The van der Waals surface area contributed by atoms with Gasteiger partial charge in [0.25, 0.3) is 0 Å². The van der Waals surface area contributed by atoms with Gasteiger partial charge in [-0.05, 0) is 42.6 Å². The Balaban J connectivity index is 1.99. The molecular formula is C16H11F4N3O2S2. The molecule has 0 amide bonds. The number of nitrogens with one attached hydrogen (secondary N) is 1. The number of fused-ring (bicyclic) bond motifs is 1. The molecule has 11 heteroatoms. The zero-order chi connectivity index (χ0) is 19.8. The summed E-state index contributed by atoms with van der Waals surface area (Å²) < 4.78 is 80.5. The van der Waals surface area contributed by atoms with E-state index in [1.165, 1.54) is 12.1 Å². The highest BCUT2D eigenvalue weighted by molar-refractivity contribution is 7.89. The Hall–Kier alpha value is -2.37. The van der Waals surface area contributed by atoms with Crippen LogP contribution in [-0.2, 0) is 10.0 Å². The van der Waals surface area contributed by atoms with Crippen molar-refractivity contribution < 1.29 is 26.0 Å². The van der Waals surface area contributed by atoms with Gasteiger partial charge in [-0.25, -0.2) is 22.8 Å². The molecule has 0 aliphatic rings. The van der Waals surface area contributed by atoms with Gasteiger partial charge in [0, 0.05) is 0 Å². The molecule has 1 aromatic heterocycles. The van der Waals surface area contributed by atoms with Crippen molar-refractivity contribution in [2.45, 2.75) is 17.1 Å². The summed E-state index contributed by atoms with van der Waals surface area (Å²) in [6.45, 7) is 3.32. The SMILES string of the molecule is C=Nc1nc2cc(S(=O)(=O)N[C@H](c3ccc(F)cc3)C(F)(F)F)ccc2s1. The molecule has 0 saturated carbocycles. The van der Waals surface area contributed by atoms with Crippen LogP contribution in [0.4, 0.5) is 22.7 Å². The summed E-state index contributed by atoms with van der Waals surface area (Å²) in [7, 11) is -4.54. The number of thiazole rings is 1. The standard InChI is InChI=1S/C16H11F4N3O2S2/c1-21-15-22-12-8-11(6-7-13(12)26-15)27(24,25)23-14(16(18,19)20)9-2-4-10(17)5-3-9/h2-8,14,23H,1H2/t14-/m1/s1. The van der Waals surface area contributed by atoms with Gasteiger partial charge in [0.2, 0.25) is 15.2 Å². The van der Waals surface area contributed by atoms with Crippen molar-refractivity contribution in [2.75, 3.05) is 0 Å². The van der Waals surface area contributed by atoms with Crippen LogP contribution in [0.15, 0.2) is 52.4 Å². The molecule has 0 radical (unpaired) electrons. The molecule has 3 rings (SSSR count). The molecule has 5 nitrogen and oxygen atoms in total. The van der Waals surface area contributed by atoms with Crippen LogP contribution in [0.1, 0.15) is 11.6 Å². The van der Waals surface area contributed by atoms with Gasteiger partial charge in [0.15, 0.2) is 0 Å². The fourth-order valence-corrected chi connectivity index (χ4v) is 4.31. The summed E-state index contributed by atoms with van der Waals surface area (Å²) in [4.78, 5) is 7.29. The van der Waals surface area contributed by atoms with E-state index in [0.717, 1.165) is 41.7 Å². The molecule has 1 atom stereocenters.